The van der Waals surface area contributed by atoms with E-state index in [0.717, 1.165) is 20.7 Å². The van der Waals surface area contributed by atoms with Crippen molar-refractivity contribution in [1.29, 1.82) is 0 Å². The maximum Gasteiger partial charge on any atom is 0.0833 e. The predicted molar refractivity (Wildman–Crippen MR) is 59.7 cm³/mol. The van der Waals surface area contributed by atoms with Gasteiger partial charge >= 0.3 is 0 Å². The first-order chi connectivity index (χ1) is 6.27. The van der Waals surface area contributed by atoms with Crippen LogP contribution in [-0.4, -0.2) is 4.98 Å². The first kappa shape index (κ1) is 8.72. The molecule has 0 aliphatic carbocycles. The average Bonchev–Trinajstić information content (AvgIpc) is 2.51. The molecule has 2 aromatic heterocycles. The minimum absolute atomic E-state index is 0.741. The first-order valence-corrected chi connectivity index (χ1v) is 5.39. The fourth-order valence-electron chi connectivity index (χ4n) is 1.05. The minimum Gasteiger partial charge on any atom is -0.399 e. The summed E-state index contributed by atoms with van der Waals surface area (Å²) in [5, 5.41) is 2.02. The monoisotopic (exact) mass is 254 g/mol. The first-order valence-electron chi connectivity index (χ1n) is 3.72. The number of rotatable bonds is 1. The van der Waals surface area contributed by atoms with Crippen molar-refractivity contribution in [3.8, 4) is 10.6 Å². The molecule has 0 fully saturated rings. The van der Waals surface area contributed by atoms with Crippen molar-refractivity contribution in [2.24, 2.45) is 0 Å². The van der Waals surface area contributed by atoms with Gasteiger partial charge in [0.1, 0.15) is 0 Å². The molecule has 0 radical (unpaired) electrons. The molecule has 0 saturated carbocycles. The van der Waals surface area contributed by atoms with E-state index in [1.807, 2.05) is 17.5 Å². The minimum atomic E-state index is 0.741. The molecule has 0 aromatic carbocycles. The van der Waals surface area contributed by atoms with Crippen LogP contribution >= 0.6 is 27.3 Å². The van der Waals surface area contributed by atoms with Gasteiger partial charge in [0.15, 0.2) is 0 Å². The Morgan fingerprint density at radius 3 is 2.85 bits per heavy atom. The Balaban J connectivity index is 2.53. The van der Waals surface area contributed by atoms with Crippen molar-refractivity contribution in [3.63, 3.8) is 0 Å². The lowest BCUT2D eigenvalue weighted by molar-refractivity contribution is 1.34. The van der Waals surface area contributed by atoms with Crippen molar-refractivity contribution in [2.45, 2.75) is 0 Å². The van der Waals surface area contributed by atoms with Crippen LogP contribution in [0.1, 0.15) is 0 Å². The third-order valence-electron chi connectivity index (χ3n) is 1.63. The number of pyridine rings is 1. The molecule has 2 nitrogen and oxygen atoms in total. The summed E-state index contributed by atoms with van der Waals surface area (Å²) in [5.74, 6) is 0. The van der Waals surface area contributed by atoms with Gasteiger partial charge in [-0.05, 0) is 39.5 Å². The Kier molecular flexibility index (Phi) is 2.33. The van der Waals surface area contributed by atoms with E-state index >= 15 is 0 Å². The van der Waals surface area contributed by atoms with Crippen LogP contribution in [0.3, 0.4) is 0 Å². The number of nitrogens with two attached hydrogens (primary N) is 1. The third kappa shape index (κ3) is 1.73. The summed E-state index contributed by atoms with van der Waals surface area (Å²) in [4.78, 5) is 5.36. The second-order valence-electron chi connectivity index (χ2n) is 2.57. The Labute approximate surface area is 88.6 Å². The smallest absolute Gasteiger partial charge is 0.0833 e. The lowest BCUT2D eigenvalue weighted by Crippen LogP contribution is -1.86. The Morgan fingerprint density at radius 1 is 1.38 bits per heavy atom. The molecule has 0 aliphatic heterocycles. The van der Waals surface area contributed by atoms with Crippen molar-refractivity contribution in [3.05, 3.63) is 34.2 Å². The van der Waals surface area contributed by atoms with Crippen molar-refractivity contribution in [2.75, 3.05) is 5.73 Å². The molecule has 4 heteroatoms. The molecule has 0 aliphatic rings. The van der Waals surface area contributed by atoms with Crippen LogP contribution in [0.15, 0.2) is 34.2 Å². The Morgan fingerprint density at radius 2 is 2.23 bits per heavy atom. The zero-order valence-corrected chi connectivity index (χ0v) is 9.10. The summed E-state index contributed by atoms with van der Waals surface area (Å²) < 4.78 is 1.07. The second kappa shape index (κ2) is 3.47. The van der Waals surface area contributed by atoms with Crippen molar-refractivity contribution >= 4 is 33.0 Å². The average molecular weight is 255 g/mol. The molecule has 66 valence electrons. The van der Waals surface area contributed by atoms with Gasteiger partial charge in [-0.2, -0.15) is 0 Å². The molecule has 2 rings (SSSR count). The lowest BCUT2D eigenvalue weighted by atomic mass is 10.3. The fourth-order valence-corrected chi connectivity index (χ4v) is 2.59. The molecule has 0 atom stereocenters. The lowest BCUT2D eigenvalue weighted by Gasteiger charge is -1.98. The third-order valence-corrected chi connectivity index (χ3v) is 3.49. The Hall–Kier alpha value is -0.870. The topological polar surface area (TPSA) is 38.9 Å². The van der Waals surface area contributed by atoms with Crippen LogP contribution in [0.4, 0.5) is 5.69 Å². The van der Waals surface area contributed by atoms with Gasteiger partial charge < -0.3 is 5.73 Å². The highest BCUT2D eigenvalue weighted by molar-refractivity contribution is 9.10. The van der Waals surface area contributed by atoms with E-state index in [9.17, 15) is 0 Å². The largest absolute Gasteiger partial charge is 0.399 e. The quantitative estimate of drug-likeness (QED) is 0.850. The van der Waals surface area contributed by atoms with Crippen LogP contribution < -0.4 is 5.73 Å². The molecule has 2 N–H and O–H groups in total. The molecule has 0 amide bonds. The van der Waals surface area contributed by atoms with E-state index in [2.05, 4.69) is 20.9 Å². The van der Waals surface area contributed by atoms with E-state index in [-0.39, 0.29) is 0 Å². The van der Waals surface area contributed by atoms with Crippen LogP contribution in [0, 0.1) is 0 Å². The molecule has 0 bridgehead atoms. The number of hydrogen-bond donors (Lipinski definition) is 1. The van der Waals surface area contributed by atoms with E-state index in [1.54, 1.807) is 23.6 Å². The highest BCUT2D eigenvalue weighted by Gasteiger charge is 2.05. The van der Waals surface area contributed by atoms with E-state index < -0.39 is 0 Å². The molecular weight excluding hydrogens is 248 g/mol. The zero-order valence-electron chi connectivity index (χ0n) is 6.70. The van der Waals surface area contributed by atoms with Crippen molar-refractivity contribution < 1.29 is 0 Å². The summed E-state index contributed by atoms with van der Waals surface area (Å²) in [7, 11) is 0. The van der Waals surface area contributed by atoms with Crippen LogP contribution in [0.2, 0.25) is 0 Å². The van der Waals surface area contributed by atoms with Crippen LogP contribution in [0.5, 0.6) is 0 Å². The van der Waals surface area contributed by atoms with Gasteiger partial charge in [-0.15, -0.1) is 11.3 Å². The molecule has 2 heterocycles. The van der Waals surface area contributed by atoms with Crippen LogP contribution in [-0.2, 0) is 0 Å². The predicted octanol–water partition coefficient (Wildman–Crippen LogP) is 3.15. The summed E-state index contributed by atoms with van der Waals surface area (Å²) in [6.07, 6.45) is 1.72. The molecule has 0 spiro atoms. The molecular formula is C9H7BrN2S. The van der Waals surface area contributed by atoms with E-state index in [0.29, 0.717) is 0 Å². The van der Waals surface area contributed by atoms with Crippen molar-refractivity contribution in [1.82, 2.24) is 4.98 Å². The second-order valence-corrected chi connectivity index (χ2v) is 4.34. The normalized spacial score (nSPS) is 10.2. The number of anilines is 1. The van der Waals surface area contributed by atoms with Gasteiger partial charge in [0.2, 0.25) is 0 Å². The molecule has 0 unspecified atom stereocenters. The summed E-state index contributed by atoms with van der Waals surface area (Å²) in [6, 6.07) is 5.66. The van der Waals surface area contributed by atoms with Gasteiger partial charge in [-0.1, -0.05) is 0 Å². The van der Waals surface area contributed by atoms with Gasteiger partial charge in [0.05, 0.1) is 10.6 Å². The number of thiophene rings is 1. The van der Waals surface area contributed by atoms with Gasteiger partial charge in [0, 0.05) is 16.4 Å². The molecule has 2 aromatic rings. The van der Waals surface area contributed by atoms with E-state index in [4.69, 9.17) is 5.73 Å². The fraction of sp³-hybridized carbons (Fsp3) is 0. The number of hydrogen-bond acceptors (Lipinski definition) is 3. The number of nitrogens with zero attached hydrogens (tertiary/aromatic N) is 1. The highest BCUT2D eigenvalue weighted by Crippen LogP contribution is 2.32. The van der Waals surface area contributed by atoms with Gasteiger partial charge in [-0.3, -0.25) is 4.98 Å². The summed E-state index contributed by atoms with van der Waals surface area (Å²) in [6.45, 7) is 0. The highest BCUT2D eigenvalue weighted by atomic mass is 79.9. The standard InChI is InChI=1S/C9H7BrN2S/c10-7-2-4-13-9(7)8-5-6(11)1-3-12-8/h1-5H,(H2,11,12). The maximum atomic E-state index is 5.66. The Bertz CT molecular complexity index is 425. The molecule has 13 heavy (non-hydrogen) atoms. The van der Waals surface area contributed by atoms with Gasteiger partial charge in [-0.25, -0.2) is 0 Å². The van der Waals surface area contributed by atoms with E-state index in [1.165, 1.54) is 0 Å². The zero-order chi connectivity index (χ0) is 9.26. The number of aromatic nitrogens is 1. The maximum absolute atomic E-state index is 5.66. The molecule has 0 saturated heterocycles. The summed E-state index contributed by atoms with van der Waals surface area (Å²) in [5.41, 5.74) is 7.32. The van der Waals surface area contributed by atoms with Gasteiger partial charge in [0.25, 0.3) is 0 Å². The summed E-state index contributed by atoms with van der Waals surface area (Å²) >= 11 is 5.10. The van der Waals surface area contributed by atoms with Crippen LogP contribution in [0.25, 0.3) is 10.6 Å². The number of halogens is 1. The SMILES string of the molecule is Nc1ccnc(-c2sccc2Br)c1. The number of nitrogen functional groups attached to an aromatic ring is 1.